The van der Waals surface area contributed by atoms with Crippen molar-refractivity contribution in [2.24, 2.45) is 18.9 Å². The lowest BCUT2D eigenvalue weighted by Crippen LogP contribution is -2.27. The molecule has 0 bridgehead atoms. The Balaban J connectivity index is 1.46. The van der Waals surface area contributed by atoms with Crippen molar-refractivity contribution >= 4 is 0 Å². The molecule has 3 heteroatoms. The summed E-state index contributed by atoms with van der Waals surface area (Å²) in [5.74, 6) is 1.87. The van der Waals surface area contributed by atoms with E-state index in [4.69, 9.17) is 0 Å². The maximum absolute atomic E-state index is 4.25. The van der Waals surface area contributed by atoms with Gasteiger partial charge in [-0.15, -0.1) is 0 Å². The predicted octanol–water partition coefficient (Wildman–Crippen LogP) is 2.52. The first-order valence-electron chi connectivity index (χ1n) is 7.53. The number of aryl methyl sites for hydroxylation is 2. The van der Waals surface area contributed by atoms with Crippen LogP contribution in [0.5, 0.6) is 0 Å². The van der Waals surface area contributed by atoms with Crippen molar-refractivity contribution in [2.75, 3.05) is 6.54 Å². The van der Waals surface area contributed by atoms with E-state index in [0.29, 0.717) is 0 Å². The average Bonchev–Trinajstić information content (AvgIpc) is 2.94. The minimum Gasteiger partial charge on any atom is -0.314 e. The second kappa shape index (κ2) is 5.43. The fourth-order valence-corrected chi connectivity index (χ4v) is 3.35. The Morgan fingerprint density at radius 3 is 2.83 bits per heavy atom. The monoisotopic (exact) mass is 247 g/mol. The molecule has 1 N–H and O–H groups in total. The van der Waals surface area contributed by atoms with Crippen LogP contribution in [0.2, 0.25) is 0 Å². The zero-order valence-corrected chi connectivity index (χ0v) is 11.4. The molecule has 0 aliphatic heterocycles. The molecule has 3 nitrogen and oxygen atoms in total. The van der Waals surface area contributed by atoms with Crippen molar-refractivity contribution in [1.82, 2.24) is 15.1 Å². The zero-order valence-electron chi connectivity index (χ0n) is 11.4. The topological polar surface area (TPSA) is 29.9 Å². The van der Waals surface area contributed by atoms with Gasteiger partial charge in [-0.1, -0.05) is 12.8 Å². The molecule has 1 aromatic heterocycles. The standard InChI is InChI=1S/C15H25N3/c1-18-15(9-10-17-18)8-5-12-3-2-4-13(12)11-16-14-6-7-14/h9-10,12-14,16H,2-8,11H2,1H3. The van der Waals surface area contributed by atoms with Crippen LogP contribution in [-0.2, 0) is 13.5 Å². The first-order chi connectivity index (χ1) is 8.83. The summed E-state index contributed by atoms with van der Waals surface area (Å²) >= 11 is 0. The summed E-state index contributed by atoms with van der Waals surface area (Å²) in [5, 5.41) is 7.97. The predicted molar refractivity (Wildman–Crippen MR) is 73.4 cm³/mol. The molecule has 0 aromatic carbocycles. The first-order valence-corrected chi connectivity index (χ1v) is 7.53. The minimum atomic E-state index is 0.864. The third-order valence-corrected chi connectivity index (χ3v) is 4.76. The third-order valence-electron chi connectivity index (χ3n) is 4.76. The molecule has 2 aliphatic carbocycles. The number of hydrogen-bond donors (Lipinski definition) is 1. The summed E-state index contributed by atoms with van der Waals surface area (Å²) in [5.41, 5.74) is 1.39. The van der Waals surface area contributed by atoms with Gasteiger partial charge in [-0.05, 0) is 56.6 Å². The molecular weight excluding hydrogens is 222 g/mol. The van der Waals surface area contributed by atoms with Gasteiger partial charge in [0.15, 0.2) is 0 Å². The lowest BCUT2D eigenvalue weighted by molar-refractivity contribution is 0.344. The molecule has 2 saturated carbocycles. The van der Waals surface area contributed by atoms with E-state index in [2.05, 4.69) is 23.5 Å². The second-order valence-electron chi connectivity index (χ2n) is 6.12. The molecule has 1 heterocycles. The van der Waals surface area contributed by atoms with Gasteiger partial charge in [0, 0.05) is 25.0 Å². The van der Waals surface area contributed by atoms with Crippen LogP contribution in [-0.4, -0.2) is 22.4 Å². The Morgan fingerprint density at radius 1 is 1.28 bits per heavy atom. The summed E-state index contributed by atoms with van der Waals surface area (Å²) in [6, 6.07) is 3.02. The normalized spacial score (nSPS) is 27.8. The molecule has 100 valence electrons. The van der Waals surface area contributed by atoms with E-state index >= 15 is 0 Å². The van der Waals surface area contributed by atoms with Crippen LogP contribution in [0.3, 0.4) is 0 Å². The van der Waals surface area contributed by atoms with Gasteiger partial charge in [0.25, 0.3) is 0 Å². The van der Waals surface area contributed by atoms with Gasteiger partial charge in [0.1, 0.15) is 0 Å². The molecule has 2 unspecified atom stereocenters. The molecular formula is C15H25N3. The third kappa shape index (κ3) is 2.94. The highest BCUT2D eigenvalue weighted by atomic mass is 15.2. The van der Waals surface area contributed by atoms with Crippen molar-refractivity contribution < 1.29 is 0 Å². The molecule has 2 atom stereocenters. The molecule has 0 spiro atoms. The van der Waals surface area contributed by atoms with Gasteiger partial charge in [0.2, 0.25) is 0 Å². The Bertz CT molecular complexity index is 381. The fraction of sp³-hybridized carbons (Fsp3) is 0.800. The maximum Gasteiger partial charge on any atom is 0.0492 e. The highest BCUT2D eigenvalue weighted by molar-refractivity contribution is 5.00. The Labute approximate surface area is 110 Å². The SMILES string of the molecule is Cn1nccc1CCC1CCCC1CNC1CC1. The van der Waals surface area contributed by atoms with Crippen molar-refractivity contribution in [3.8, 4) is 0 Å². The number of aromatic nitrogens is 2. The molecule has 3 rings (SSSR count). The fourth-order valence-electron chi connectivity index (χ4n) is 3.35. The molecule has 0 saturated heterocycles. The summed E-state index contributed by atoms with van der Waals surface area (Å²) in [6.45, 7) is 1.26. The largest absolute Gasteiger partial charge is 0.314 e. The van der Waals surface area contributed by atoms with E-state index in [1.165, 1.54) is 57.2 Å². The smallest absolute Gasteiger partial charge is 0.0492 e. The van der Waals surface area contributed by atoms with Crippen molar-refractivity contribution in [3.63, 3.8) is 0 Å². The van der Waals surface area contributed by atoms with Crippen LogP contribution in [0.25, 0.3) is 0 Å². The molecule has 18 heavy (non-hydrogen) atoms. The molecule has 1 aromatic rings. The van der Waals surface area contributed by atoms with Crippen LogP contribution in [0.15, 0.2) is 12.3 Å². The van der Waals surface area contributed by atoms with Gasteiger partial charge in [-0.25, -0.2) is 0 Å². The highest BCUT2D eigenvalue weighted by Gasteiger charge is 2.29. The van der Waals surface area contributed by atoms with Gasteiger partial charge in [-0.3, -0.25) is 4.68 Å². The van der Waals surface area contributed by atoms with Crippen LogP contribution >= 0.6 is 0 Å². The van der Waals surface area contributed by atoms with E-state index in [1.807, 2.05) is 10.9 Å². The van der Waals surface area contributed by atoms with Crippen LogP contribution in [0, 0.1) is 11.8 Å². The van der Waals surface area contributed by atoms with Crippen molar-refractivity contribution in [2.45, 2.75) is 51.0 Å². The van der Waals surface area contributed by atoms with Crippen molar-refractivity contribution in [3.05, 3.63) is 18.0 Å². The van der Waals surface area contributed by atoms with E-state index in [1.54, 1.807) is 0 Å². The quantitative estimate of drug-likeness (QED) is 0.837. The highest BCUT2D eigenvalue weighted by Crippen LogP contribution is 2.35. The van der Waals surface area contributed by atoms with Crippen LogP contribution in [0.4, 0.5) is 0 Å². The molecule has 2 aliphatic rings. The van der Waals surface area contributed by atoms with E-state index < -0.39 is 0 Å². The maximum atomic E-state index is 4.25. The van der Waals surface area contributed by atoms with E-state index in [9.17, 15) is 0 Å². The summed E-state index contributed by atoms with van der Waals surface area (Å²) < 4.78 is 2.02. The van der Waals surface area contributed by atoms with Gasteiger partial charge in [0.05, 0.1) is 0 Å². The first kappa shape index (κ1) is 12.2. The second-order valence-corrected chi connectivity index (χ2v) is 6.12. The Morgan fingerprint density at radius 2 is 2.11 bits per heavy atom. The van der Waals surface area contributed by atoms with E-state index in [-0.39, 0.29) is 0 Å². The van der Waals surface area contributed by atoms with Crippen LogP contribution < -0.4 is 5.32 Å². The average molecular weight is 247 g/mol. The lowest BCUT2D eigenvalue weighted by atomic mass is 9.91. The van der Waals surface area contributed by atoms with Gasteiger partial charge >= 0.3 is 0 Å². The summed E-state index contributed by atoms with van der Waals surface area (Å²) in [6.07, 6.45) is 11.6. The Kier molecular flexibility index (Phi) is 3.69. The Hall–Kier alpha value is -0.830. The number of nitrogens with zero attached hydrogens (tertiary/aromatic N) is 2. The molecule has 0 radical (unpaired) electrons. The van der Waals surface area contributed by atoms with Gasteiger partial charge in [-0.2, -0.15) is 5.10 Å². The van der Waals surface area contributed by atoms with Crippen LogP contribution in [0.1, 0.15) is 44.2 Å². The zero-order chi connectivity index (χ0) is 12.4. The number of hydrogen-bond acceptors (Lipinski definition) is 2. The summed E-state index contributed by atoms with van der Waals surface area (Å²) in [7, 11) is 2.05. The van der Waals surface area contributed by atoms with Gasteiger partial charge < -0.3 is 5.32 Å². The summed E-state index contributed by atoms with van der Waals surface area (Å²) in [4.78, 5) is 0. The van der Waals surface area contributed by atoms with E-state index in [0.717, 1.165) is 17.9 Å². The number of rotatable bonds is 6. The van der Waals surface area contributed by atoms with Crippen molar-refractivity contribution in [1.29, 1.82) is 0 Å². The molecule has 0 amide bonds. The molecule has 2 fully saturated rings. The lowest BCUT2D eigenvalue weighted by Gasteiger charge is -2.20. The number of nitrogens with one attached hydrogen (secondary N) is 1. The minimum absolute atomic E-state index is 0.864.